The Labute approximate surface area is 171 Å². The number of sulfonamides is 1. The van der Waals surface area contributed by atoms with Crippen LogP contribution in [-0.2, 0) is 10.0 Å². The number of nitrogen functional groups attached to an aromatic ring is 1. The van der Waals surface area contributed by atoms with Gasteiger partial charge in [-0.3, -0.25) is 5.10 Å². The van der Waals surface area contributed by atoms with Crippen LogP contribution in [0.2, 0.25) is 10.0 Å². The van der Waals surface area contributed by atoms with Gasteiger partial charge in [0, 0.05) is 10.9 Å². The van der Waals surface area contributed by atoms with Crippen molar-refractivity contribution in [1.82, 2.24) is 10.2 Å². The quantitative estimate of drug-likeness (QED) is 0.443. The van der Waals surface area contributed by atoms with Gasteiger partial charge in [-0.1, -0.05) is 59.6 Å². The maximum Gasteiger partial charge on any atom is 0.239 e. The number of hydrogen-bond acceptors (Lipinski definition) is 4. The Morgan fingerprint density at radius 3 is 2.18 bits per heavy atom. The van der Waals surface area contributed by atoms with Crippen molar-refractivity contribution < 1.29 is 8.42 Å². The van der Waals surface area contributed by atoms with E-state index < -0.39 is 10.0 Å². The molecule has 0 atom stereocenters. The van der Waals surface area contributed by atoms with Crippen molar-refractivity contribution in [3.63, 3.8) is 0 Å². The molecule has 0 bridgehead atoms. The molecule has 0 aliphatic carbocycles. The largest absolute Gasteiger partial charge is 0.382 e. The summed E-state index contributed by atoms with van der Waals surface area (Å²) in [7, 11) is -3.95. The number of anilines is 1. The summed E-state index contributed by atoms with van der Waals surface area (Å²) >= 11 is 12.4. The van der Waals surface area contributed by atoms with Gasteiger partial charge in [0.25, 0.3) is 0 Å². The van der Waals surface area contributed by atoms with Crippen molar-refractivity contribution >= 4 is 49.9 Å². The smallest absolute Gasteiger partial charge is 0.239 e. The number of hydrogen-bond donors (Lipinski definition) is 3. The molecule has 0 unspecified atom stereocenters. The molecule has 9 heteroatoms. The normalized spacial score (nSPS) is 11.8. The highest BCUT2D eigenvalue weighted by Gasteiger charge is 2.18. The van der Waals surface area contributed by atoms with E-state index in [0.29, 0.717) is 11.4 Å². The van der Waals surface area contributed by atoms with Gasteiger partial charge in [-0.05, 0) is 34.9 Å². The van der Waals surface area contributed by atoms with E-state index in [0.717, 1.165) is 27.6 Å². The lowest BCUT2D eigenvalue weighted by Gasteiger charge is -2.10. The average molecular weight is 433 g/mol. The number of primary sulfonamides is 1. The van der Waals surface area contributed by atoms with Gasteiger partial charge in [0.1, 0.15) is 4.90 Å². The molecule has 0 saturated heterocycles. The number of aromatic amines is 1. The lowest BCUT2D eigenvalue weighted by molar-refractivity contribution is 0.598. The van der Waals surface area contributed by atoms with E-state index >= 15 is 0 Å². The number of nitrogens with zero attached hydrogens (tertiary/aromatic N) is 1. The summed E-state index contributed by atoms with van der Waals surface area (Å²) < 4.78 is 23.1. The molecule has 6 nitrogen and oxygen atoms in total. The first-order valence-electron chi connectivity index (χ1n) is 8.11. The molecule has 0 aliphatic heterocycles. The molecule has 0 spiro atoms. The summed E-state index contributed by atoms with van der Waals surface area (Å²) in [4.78, 5) is -0.202. The number of nitrogens with one attached hydrogen (secondary N) is 1. The predicted molar refractivity (Wildman–Crippen MR) is 113 cm³/mol. The van der Waals surface area contributed by atoms with Gasteiger partial charge in [0.05, 0.1) is 15.6 Å². The molecular weight excluding hydrogens is 419 g/mol. The van der Waals surface area contributed by atoms with Gasteiger partial charge in [0.15, 0.2) is 5.82 Å². The second-order valence-corrected chi connectivity index (χ2v) is 8.52. The maximum atomic E-state index is 11.6. The topological polar surface area (TPSA) is 115 Å². The SMILES string of the molecule is Nc1n[nH]c2cc(-c3ccc(-c4ccc(S(N)(=O)=O)c(Cl)c4Cl)cc3)ccc12. The molecule has 1 aromatic heterocycles. The zero-order valence-corrected chi connectivity index (χ0v) is 16.6. The summed E-state index contributed by atoms with van der Waals surface area (Å²) in [5.74, 6) is 0.464. The lowest BCUT2D eigenvalue weighted by atomic mass is 9.99. The fraction of sp³-hybridized carbons (Fsp3) is 0. The van der Waals surface area contributed by atoms with Gasteiger partial charge in [0.2, 0.25) is 10.0 Å². The number of H-pyrrole nitrogens is 1. The Morgan fingerprint density at radius 2 is 1.50 bits per heavy atom. The van der Waals surface area contributed by atoms with Crippen LogP contribution in [0.5, 0.6) is 0 Å². The van der Waals surface area contributed by atoms with E-state index in [9.17, 15) is 8.42 Å². The van der Waals surface area contributed by atoms with E-state index in [-0.39, 0.29) is 14.9 Å². The summed E-state index contributed by atoms with van der Waals surface area (Å²) in [6.07, 6.45) is 0. The first-order chi connectivity index (χ1) is 13.3. The number of nitrogens with two attached hydrogens (primary N) is 2. The monoisotopic (exact) mass is 432 g/mol. The van der Waals surface area contributed by atoms with Gasteiger partial charge in [-0.15, -0.1) is 0 Å². The van der Waals surface area contributed by atoms with Gasteiger partial charge in [-0.2, -0.15) is 5.10 Å². The second kappa shape index (κ2) is 6.79. The molecule has 0 saturated carbocycles. The molecule has 1 heterocycles. The molecule has 0 aliphatic rings. The van der Waals surface area contributed by atoms with Crippen LogP contribution in [0.25, 0.3) is 33.2 Å². The van der Waals surface area contributed by atoms with E-state index in [1.165, 1.54) is 6.07 Å². The summed E-state index contributed by atoms with van der Waals surface area (Å²) in [5, 5.41) is 13.0. The standard InChI is InChI=1S/C19H14Cl2N4O2S/c20-17-13(7-8-16(18(17)21)28(23,26)27)11-3-1-10(2-4-11)12-5-6-14-15(9-12)24-25-19(14)22/h1-9H,(H3,22,24,25)(H2,23,26,27). The Kier molecular flexibility index (Phi) is 4.55. The molecule has 4 rings (SSSR count). The zero-order chi connectivity index (χ0) is 20.1. The van der Waals surface area contributed by atoms with Crippen LogP contribution in [0.3, 0.4) is 0 Å². The Morgan fingerprint density at radius 1 is 0.857 bits per heavy atom. The lowest BCUT2D eigenvalue weighted by Crippen LogP contribution is -2.12. The molecule has 3 aromatic carbocycles. The van der Waals surface area contributed by atoms with Crippen LogP contribution < -0.4 is 10.9 Å². The highest BCUT2D eigenvalue weighted by molar-refractivity contribution is 7.89. The van der Waals surface area contributed by atoms with Crippen molar-refractivity contribution in [1.29, 1.82) is 0 Å². The number of rotatable bonds is 3. The van der Waals surface area contributed by atoms with Crippen LogP contribution in [-0.4, -0.2) is 18.6 Å². The van der Waals surface area contributed by atoms with Crippen molar-refractivity contribution in [2.24, 2.45) is 5.14 Å². The summed E-state index contributed by atoms with van der Waals surface area (Å²) in [6, 6.07) is 16.4. The van der Waals surface area contributed by atoms with Crippen molar-refractivity contribution in [3.8, 4) is 22.3 Å². The molecule has 0 radical (unpaired) electrons. The molecule has 0 amide bonds. The molecular formula is C19H14Cl2N4O2S. The van der Waals surface area contributed by atoms with Crippen LogP contribution in [0, 0.1) is 0 Å². The van der Waals surface area contributed by atoms with Crippen LogP contribution in [0.15, 0.2) is 59.5 Å². The Bertz CT molecular complexity index is 1320. The first-order valence-corrected chi connectivity index (χ1v) is 10.4. The zero-order valence-electron chi connectivity index (χ0n) is 14.3. The third-order valence-corrected chi connectivity index (χ3v) is 6.42. The Hall–Kier alpha value is -2.58. The van der Waals surface area contributed by atoms with Crippen LogP contribution in [0.1, 0.15) is 0 Å². The minimum Gasteiger partial charge on any atom is -0.382 e. The van der Waals surface area contributed by atoms with Gasteiger partial charge >= 0.3 is 0 Å². The fourth-order valence-corrected chi connectivity index (χ4v) is 4.46. The number of benzene rings is 3. The summed E-state index contributed by atoms with van der Waals surface area (Å²) in [6.45, 7) is 0. The number of aromatic nitrogens is 2. The third kappa shape index (κ3) is 3.22. The van der Waals surface area contributed by atoms with Gasteiger partial charge in [-0.25, -0.2) is 13.6 Å². The van der Waals surface area contributed by atoms with E-state index in [1.54, 1.807) is 6.07 Å². The molecule has 4 aromatic rings. The summed E-state index contributed by atoms with van der Waals surface area (Å²) in [5.41, 5.74) is 10.0. The molecule has 5 N–H and O–H groups in total. The third-order valence-electron chi connectivity index (χ3n) is 4.47. The predicted octanol–water partition coefficient (Wildman–Crippen LogP) is 4.43. The second-order valence-electron chi connectivity index (χ2n) is 6.23. The van der Waals surface area contributed by atoms with E-state index in [4.69, 9.17) is 34.1 Å². The minimum atomic E-state index is -3.95. The highest BCUT2D eigenvalue weighted by Crippen LogP contribution is 2.38. The minimum absolute atomic E-state index is 0.0898. The fourth-order valence-electron chi connectivity index (χ4n) is 3.04. The van der Waals surface area contributed by atoms with Crippen molar-refractivity contribution in [2.45, 2.75) is 4.90 Å². The molecule has 28 heavy (non-hydrogen) atoms. The molecule has 0 fully saturated rings. The van der Waals surface area contributed by atoms with E-state index in [1.807, 2.05) is 42.5 Å². The number of halogens is 2. The number of fused-ring (bicyclic) bond motifs is 1. The maximum absolute atomic E-state index is 11.6. The van der Waals surface area contributed by atoms with Crippen LogP contribution in [0.4, 0.5) is 5.82 Å². The Balaban J connectivity index is 1.72. The van der Waals surface area contributed by atoms with Crippen LogP contribution >= 0.6 is 23.2 Å². The van der Waals surface area contributed by atoms with Crippen molar-refractivity contribution in [3.05, 3.63) is 64.6 Å². The highest BCUT2D eigenvalue weighted by atomic mass is 35.5. The average Bonchev–Trinajstić information content (AvgIpc) is 3.03. The van der Waals surface area contributed by atoms with Crippen molar-refractivity contribution in [2.75, 3.05) is 5.73 Å². The molecule has 142 valence electrons. The van der Waals surface area contributed by atoms with E-state index in [2.05, 4.69) is 10.2 Å². The van der Waals surface area contributed by atoms with Gasteiger partial charge < -0.3 is 5.73 Å². The first kappa shape index (κ1) is 18.8.